The lowest BCUT2D eigenvalue weighted by atomic mass is 9.87. The smallest absolute Gasteiger partial charge is 0.254 e. The third kappa shape index (κ3) is 2.71. The minimum absolute atomic E-state index is 0.00261. The van der Waals surface area contributed by atoms with Crippen molar-refractivity contribution in [1.82, 2.24) is 4.57 Å². The Morgan fingerprint density at radius 2 is 1.75 bits per heavy atom. The Bertz CT molecular complexity index is 994. The number of primary amides is 1. The van der Waals surface area contributed by atoms with Gasteiger partial charge < -0.3 is 10.3 Å². The van der Waals surface area contributed by atoms with Crippen LogP contribution in [0.5, 0.6) is 0 Å². The minimum Gasteiger partial charge on any atom is -0.365 e. The number of hydrogen-bond donors (Lipinski definition) is 1. The van der Waals surface area contributed by atoms with Gasteiger partial charge in [-0.25, -0.2) is 0 Å². The van der Waals surface area contributed by atoms with Gasteiger partial charge in [0.15, 0.2) is 0 Å². The summed E-state index contributed by atoms with van der Waals surface area (Å²) in [5.74, 6) is -0.716. The summed E-state index contributed by atoms with van der Waals surface area (Å²) in [7, 11) is 0. The van der Waals surface area contributed by atoms with E-state index in [-0.39, 0.29) is 16.4 Å². The second-order valence-electron chi connectivity index (χ2n) is 6.92. The molecule has 0 spiro atoms. The zero-order valence-corrected chi connectivity index (χ0v) is 14.0. The van der Waals surface area contributed by atoms with Crippen molar-refractivity contribution in [1.29, 1.82) is 0 Å². The summed E-state index contributed by atoms with van der Waals surface area (Å²) in [6.07, 6.45) is 1.54. The van der Waals surface area contributed by atoms with Gasteiger partial charge in [0.05, 0.1) is 5.52 Å². The Morgan fingerprint density at radius 3 is 2.42 bits per heavy atom. The summed E-state index contributed by atoms with van der Waals surface area (Å²) in [6.45, 7) is 6.43. The Balaban J connectivity index is 2.36. The molecule has 3 rings (SSSR count). The molecule has 2 N–H and O–H groups in total. The maximum Gasteiger partial charge on any atom is 0.254 e. The second kappa shape index (κ2) is 5.64. The third-order valence-corrected chi connectivity index (χ3v) is 4.17. The average Bonchev–Trinajstić information content (AvgIpc) is 2.54. The predicted molar refractivity (Wildman–Crippen MR) is 96.8 cm³/mol. The molecule has 4 nitrogen and oxygen atoms in total. The van der Waals surface area contributed by atoms with Gasteiger partial charge in [-0.2, -0.15) is 0 Å². The lowest BCUT2D eigenvalue weighted by Crippen LogP contribution is -2.24. The standard InChI is InChI=1S/C20H20N2O2/c1-20(2,3)13-7-6-8-14(11-13)22-12-16(19(21)24)18(23)15-9-4-5-10-17(15)22/h4-12H,1-3H3,(H2,21,24). The monoisotopic (exact) mass is 320 g/mol. The van der Waals surface area contributed by atoms with Crippen LogP contribution in [0.4, 0.5) is 0 Å². The number of carbonyl (C=O) groups excluding carboxylic acids is 1. The molecule has 1 amide bonds. The Hall–Kier alpha value is -2.88. The van der Waals surface area contributed by atoms with Crippen LogP contribution in [-0.4, -0.2) is 10.5 Å². The van der Waals surface area contributed by atoms with Crippen molar-refractivity contribution in [2.75, 3.05) is 0 Å². The zero-order chi connectivity index (χ0) is 17.5. The molecule has 2 aromatic carbocycles. The highest BCUT2D eigenvalue weighted by Crippen LogP contribution is 2.25. The van der Waals surface area contributed by atoms with Crippen molar-refractivity contribution in [2.45, 2.75) is 26.2 Å². The number of pyridine rings is 1. The maximum atomic E-state index is 12.5. The molecule has 0 aliphatic rings. The number of nitrogens with two attached hydrogens (primary N) is 1. The van der Waals surface area contributed by atoms with Crippen molar-refractivity contribution < 1.29 is 4.79 Å². The van der Waals surface area contributed by atoms with Gasteiger partial charge in [0, 0.05) is 17.3 Å². The third-order valence-electron chi connectivity index (χ3n) is 4.17. The fraction of sp³-hybridized carbons (Fsp3) is 0.200. The molecule has 0 bridgehead atoms. The molecule has 0 radical (unpaired) electrons. The van der Waals surface area contributed by atoms with Crippen molar-refractivity contribution in [3.8, 4) is 5.69 Å². The molecule has 0 aliphatic carbocycles. The first kappa shape index (κ1) is 16.0. The summed E-state index contributed by atoms with van der Waals surface area (Å²) < 4.78 is 1.85. The van der Waals surface area contributed by atoms with Gasteiger partial charge in [-0.3, -0.25) is 9.59 Å². The molecule has 0 fully saturated rings. The van der Waals surface area contributed by atoms with Gasteiger partial charge >= 0.3 is 0 Å². The van der Waals surface area contributed by atoms with Gasteiger partial charge in [-0.05, 0) is 35.2 Å². The molecule has 122 valence electrons. The minimum atomic E-state index is -0.716. The number of benzene rings is 2. The molecule has 1 aromatic heterocycles. The molecule has 0 atom stereocenters. The van der Waals surface area contributed by atoms with Crippen LogP contribution < -0.4 is 11.2 Å². The quantitative estimate of drug-likeness (QED) is 0.786. The molecule has 24 heavy (non-hydrogen) atoms. The number of para-hydroxylation sites is 1. The molecule has 3 aromatic rings. The van der Waals surface area contributed by atoms with Crippen molar-refractivity contribution >= 4 is 16.8 Å². The van der Waals surface area contributed by atoms with Crippen LogP contribution in [0.15, 0.2) is 59.5 Å². The van der Waals surface area contributed by atoms with E-state index in [9.17, 15) is 9.59 Å². The molecule has 0 saturated carbocycles. The van der Waals surface area contributed by atoms with Crippen LogP contribution in [0.3, 0.4) is 0 Å². The average molecular weight is 320 g/mol. The van der Waals surface area contributed by atoms with Crippen LogP contribution in [0.1, 0.15) is 36.7 Å². The zero-order valence-electron chi connectivity index (χ0n) is 14.0. The number of fused-ring (bicyclic) bond motifs is 1. The van der Waals surface area contributed by atoms with Crippen LogP contribution in [0.2, 0.25) is 0 Å². The maximum absolute atomic E-state index is 12.5. The van der Waals surface area contributed by atoms with Crippen molar-refractivity contribution in [2.24, 2.45) is 5.73 Å². The van der Waals surface area contributed by atoms with Crippen LogP contribution in [0.25, 0.3) is 16.6 Å². The summed E-state index contributed by atoms with van der Waals surface area (Å²) >= 11 is 0. The highest BCUT2D eigenvalue weighted by molar-refractivity contribution is 5.96. The number of amides is 1. The lowest BCUT2D eigenvalue weighted by Gasteiger charge is -2.21. The Morgan fingerprint density at radius 1 is 1.04 bits per heavy atom. The number of nitrogens with zero attached hydrogens (tertiary/aromatic N) is 1. The van der Waals surface area contributed by atoms with Gasteiger partial charge in [0.2, 0.25) is 5.43 Å². The number of rotatable bonds is 2. The van der Waals surface area contributed by atoms with Crippen LogP contribution >= 0.6 is 0 Å². The molecule has 4 heteroatoms. The topological polar surface area (TPSA) is 65.1 Å². The van der Waals surface area contributed by atoms with E-state index in [0.29, 0.717) is 5.39 Å². The Labute approximate surface area is 140 Å². The first-order valence-electron chi connectivity index (χ1n) is 7.84. The SMILES string of the molecule is CC(C)(C)c1cccc(-n2cc(C(N)=O)c(=O)c3ccccc32)c1. The number of hydrogen-bond acceptors (Lipinski definition) is 2. The van der Waals surface area contributed by atoms with E-state index >= 15 is 0 Å². The fourth-order valence-corrected chi connectivity index (χ4v) is 2.79. The molecule has 0 unspecified atom stereocenters. The van der Waals surface area contributed by atoms with Gasteiger partial charge in [0.1, 0.15) is 5.56 Å². The summed E-state index contributed by atoms with van der Waals surface area (Å²) in [4.78, 5) is 24.1. The largest absolute Gasteiger partial charge is 0.365 e. The molecule has 0 saturated heterocycles. The molecule has 0 aliphatic heterocycles. The number of aromatic nitrogens is 1. The van der Waals surface area contributed by atoms with E-state index in [1.165, 1.54) is 11.8 Å². The summed E-state index contributed by atoms with van der Waals surface area (Å²) in [5, 5.41) is 0.481. The van der Waals surface area contributed by atoms with Crippen molar-refractivity contribution in [3.05, 3.63) is 76.1 Å². The van der Waals surface area contributed by atoms with Gasteiger partial charge in [-0.15, -0.1) is 0 Å². The van der Waals surface area contributed by atoms with Gasteiger partial charge in [-0.1, -0.05) is 45.0 Å². The first-order chi connectivity index (χ1) is 11.3. The summed E-state index contributed by atoms with van der Waals surface area (Å²) in [6, 6.07) is 15.3. The van der Waals surface area contributed by atoms with E-state index in [1.807, 2.05) is 28.8 Å². The normalized spacial score (nSPS) is 11.6. The molecule has 1 heterocycles. The second-order valence-corrected chi connectivity index (χ2v) is 6.92. The molecular formula is C20H20N2O2. The van der Waals surface area contributed by atoms with E-state index < -0.39 is 5.91 Å². The highest BCUT2D eigenvalue weighted by atomic mass is 16.2. The van der Waals surface area contributed by atoms with E-state index in [0.717, 1.165) is 11.2 Å². The van der Waals surface area contributed by atoms with Crippen LogP contribution in [0, 0.1) is 0 Å². The predicted octanol–water partition coefficient (Wildman–Crippen LogP) is 3.39. The van der Waals surface area contributed by atoms with Crippen molar-refractivity contribution in [3.63, 3.8) is 0 Å². The molecular weight excluding hydrogens is 300 g/mol. The number of carbonyl (C=O) groups is 1. The Kier molecular flexibility index (Phi) is 3.76. The van der Waals surface area contributed by atoms with Crippen LogP contribution in [-0.2, 0) is 5.41 Å². The van der Waals surface area contributed by atoms with E-state index in [4.69, 9.17) is 5.73 Å². The highest BCUT2D eigenvalue weighted by Gasteiger charge is 2.16. The fourth-order valence-electron chi connectivity index (χ4n) is 2.79. The first-order valence-corrected chi connectivity index (χ1v) is 7.84. The summed E-state index contributed by atoms with van der Waals surface area (Å²) in [5.41, 5.74) is 7.87. The van der Waals surface area contributed by atoms with E-state index in [2.05, 4.69) is 32.9 Å². The lowest BCUT2D eigenvalue weighted by molar-refractivity contribution is 0.0999. The van der Waals surface area contributed by atoms with Gasteiger partial charge in [0.25, 0.3) is 5.91 Å². The van der Waals surface area contributed by atoms with E-state index in [1.54, 1.807) is 12.1 Å².